The molecule has 20 heavy (non-hydrogen) atoms. The monoisotopic (exact) mass is 610 g/mol. The molecule has 0 rings (SSSR count). The van der Waals surface area contributed by atoms with E-state index in [0.29, 0.717) is 45.2 Å². The van der Waals surface area contributed by atoms with Gasteiger partial charge in [-0.2, -0.15) is 43.9 Å². The topological polar surface area (TPSA) is 0 Å². The number of hydrogen-bond acceptors (Lipinski definition) is 0. The van der Waals surface area contributed by atoms with Gasteiger partial charge in [-0.1, -0.05) is 22.6 Å². The summed E-state index contributed by atoms with van der Waals surface area (Å²) in [6.07, 6.45) is -1.90. The highest BCUT2D eigenvalue weighted by molar-refractivity contribution is 14.1. The Bertz CT molecular complexity index is 346. The molecule has 0 heterocycles. The zero-order valence-electron chi connectivity index (χ0n) is 8.70. The van der Waals surface area contributed by atoms with E-state index in [1.54, 1.807) is 0 Å². The highest BCUT2D eigenvalue weighted by Crippen LogP contribution is 2.57. The number of hydrogen-bond donors (Lipinski definition) is 0. The molecule has 122 valence electrons. The molecular weight excluding hydrogens is 608 g/mol. The zero-order chi connectivity index (χ0) is 16.8. The van der Waals surface area contributed by atoms with Crippen molar-refractivity contribution in [1.29, 1.82) is 0 Å². The quantitative estimate of drug-likeness (QED) is 0.194. The molecule has 0 spiro atoms. The van der Waals surface area contributed by atoms with Crippen LogP contribution in [-0.2, 0) is 0 Å². The highest BCUT2D eigenvalue weighted by atomic mass is 127. The normalized spacial score (nSPS) is 17.2. The van der Waals surface area contributed by atoms with Gasteiger partial charge in [-0.15, -0.1) is 0 Å². The van der Waals surface area contributed by atoms with E-state index in [-0.39, 0.29) is 0 Å². The summed E-state index contributed by atoms with van der Waals surface area (Å²) in [6.45, 7) is 0. The van der Waals surface area contributed by atoms with Gasteiger partial charge >= 0.3 is 22.6 Å². The molecule has 0 aliphatic heterocycles. The van der Waals surface area contributed by atoms with E-state index in [2.05, 4.69) is 0 Å². The van der Waals surface area contributed by atoms with E-state index in [1.807, 2.05) is 0 Å². The maximum Gasteiger partial charge on any atom is 0.388 e. The SMILES string of the molecule is FC(F)(I)CC(I)C(F)(F)C(F)(F)C(F)(F)C(F)(F)Br. The molecule has 0 nitrogen and oxygen atoms in total. The van der Waals surface area contributed by atoms with Crippen molar-refractivity contribution in [2.75, 3.05) is 0 Å². The van der Waals surface area contributed by atoms with Gasteiger partial charge in [0.15, 0.2) is 0 Å². The van der Waals surface area contributed by atoms with Crippen LogP contribution in [0.2, 0.25) is 0 Å². The molecule has 0 aromatic heterocycles. The fourth-order valence-corrected chi connectivity index (χ4v) is 3.39. The second-order valence-electron chi connectivity index (χ2n) is 3.56. The molecule has 0 saturated heterocycles. The van der Waals surface area contributed by atoms with Crippen LogP contribution in [0.15, 0.2) is 0 Å². The predicted octanol–water partition coefficient (Wildman–Crippen LogP) is 6.10. The van der Waals surface area contributed by atoms with Gasteiger partial charge in [0.2, 0.25) is 0 Å². The fourth-order valence-electron chi connectivity index (χ4n) is 0.915. The summed E-state index contributed by atoms with van der Waals surface area (Å²) in [5.41, 5.74) is 0. The van der Waals surface area contributed by atoms with Crippen molar-refractivity contribution < 1.29 is 43.9 Å². The van der Waals surface area contributed by atoms with Crippen molar-refractivity contribution in [3.63, 3.8) is 0 Å². The average molecular weight is 611 g/mol. The van der Waals surface area contributed by atoms with Gasteiger partial charge in [0, 0.05) is 6.42 Å². The molecule has 0 aliphatic carbocycles. The van der Waals surface area contributed by atoms with Crippen LogP contribution in [0.25, 0.3) is 0 Å². The molecule has 0 aliphatic rings. The Morgan fingerprint density at radius 2 is 1.15 bits per heavy atom. The van der Waals surface area contributed by atoms with E-state index >= 15 is 0 Å². The van der Waals surface area contributed by atoms with E-state index < -0.39 is 36.9 Å². The number of halogens is 13. The third kappa shape index (κ3) is 4.16. The first-order valence-electron chi connectivity index (χ1n) is 4.29. The van der Waals surface area contributed by atoms with E-state index in [1.165, 1.54) is 0 Å². The molecule has 1 atom stereocenters. The highest BCUT2D eigenvalue weighted by Gasteiger charge is 2.81. The van der Waals surface area contributed by atoms with Crippen LogP contribution in [0.5, 0.6) is 0 Å². The minimum atomic E-state index is -6.54. The summed E-state index contributed by atoms with van der Waals surface area (Å²) in [5.74, 6) is -18.8. The molecule has 1 unspecified atom stereocenters. The lowest BCUT2D eigenvalue weighted by molar-refractivity contribution is -0.343. The van der Waals surface area contributed by atoms with Gasteiger partial charge in [-0.25, -0.2) is 0 Å². The maximum atomic E-state index is 13.2. The van der Waals surface area contributed by atoms with Crippen LogP contribution in [0, 0.1) is 0 Å². The Morgan fingerprint density at radius 1 is 0.800 bits per heavy atom. The van der Waals surface area contributed by atoms with Crippen molar-refractivity contribution in [3.05, 3.63) is 0 Å². The Labute approximate surface area is 141 Å². The van der Waals surface area contributed by atoms with Crippen molar-refractivity contribution in [1.82, 2.24) is 0 Å². The number of rotatable bonds is 6. The summed E-state index contributed by atoms with van der Waals surface area (Å²) in [5, 5.41) is 0. The van der Waals surface area contributed by atoms with Crippen molar-refractivity contribution in [3.8, 4) is 0 Å². The average Bonchev–Trinajstić information content (AvgIpc) is 2.12. The maximum absolute atomic E-state index is 13.2. The second kappa shape index (κ2) is 6.03. The minimum Gasteiger partial charge on any atom is -0.198 e. The summed E-state index contributed by atoms with van der Waals surface area (Å²) in [7, 11) is 0. The molecule has 0 fully saturated rings. The summed E-state index contributed by atoms with van der Waals surface area (Å²) >= 11 is 1.62. The Balaban J connectivity index is 5.58. The van der Waals surface area contributed by atoms with Gasteiger partial charge in [-0.05, 0) is 38.5 Å². The van der Waals surface area contributed by atoms with Gasteiger partial charge in [0.05, 0.1) is 3.92 Å². The first-order chi connectivity index (χ1) is 8.38. The van der Waals surface area contributed by atoms with Crippen LogP contribution in [0.4, 0.5) is 43.9 Å². The van der Waals surface area contributed by atoms with E-state index in [4.69, 9.17) is 0 Å². The van der Waals surface area contributed by atoms with Gasteiger partial charge in [0.1, 0.15) is 0 Å². The Hall–Kier alpha value is 1.24. The predicted molar refractivity (Wildman–Crippen MR) is 70.1 cm³/mol. The summed E-state index contributed by atoms with van der Waals surface area (Å²) in [4.78, 5) is -5.64. The third-order valence-electron chi connectivity index (χ3n) is 1.97. The third-order valence-corrected chi connectivity index (χ3v) is 4.13. The van der Waals surface area contributed by atoms with Crippen LogP contribution >= 0.6 is 61.1 Å². The smallest absolute Gasteiger partial charge is 0.198 e. The molecular formula is C7H3BrF10I2. The second-order valence-corrected chi connectivity index (χ2v) is 7.63. The Morgan fingerprint density at radius 3 is 1.40 bits per heavy atom. The van der Waals surface area contributed by atoms with Crippen LogP contribution in [-0.4, -0.2) is 30.5 Å². The molecule has 0 saturated carbocycles. The van der Waals surface area contributed by atoms with Gasteiger partial charge in [-0.3, -0.25) is 0 Å². The van der Waals surface area contributed by atoms with Gasteiger partial charge < -0.3 is 0 Å². The van der Waals surface area contributed by atoms with E-state index in [0.717, 1.165) is 15.9 Å². The first-order valence-corrected chi connectivity index (χ1v) is 7.40. The van der Waals surface area contributed by atoms with Crippen molar-refractivity contribution in [2.45, 2.75) is 36.9 Å². The summed E-state index contributed by atoms with van der Waals surface area (Å²) in [6, 6.07) is 0. The molecule has 0 radical (unpaired) electrons. The molecule has 0 bridgehead atoms. The molecule has 13 heteroatoms. The zero-order valence-corrected chi connectivity index (χ0v) is 14.6. The minimum absolute atomic E-state index is 0.336. The number of alkyl halides is 13. The lowest BCUT2D eigenvalue weighted by Gasteiger charge is -2.37. The molecule has 0 aromatic rings. The first kappa shape index (κ1) is 21.2. The Kier molecular flexibility index (Phi) is 6.41. The largest absolute Gasteiger partial charge is 0.388 e. The fraction of sp³-hybridized carbons (Fsp3) is 1.00. The van der Waals surface area contributed by atoms with Crippen LogP contribution < -0.4 is 0 Å². The summed E-state index contributed by atoms with van der Waals surface area (Å²) < 4.78 is 121. The molecule has 0 amide bonds. The standard InChI is InChI=1S/C7H3BrF10I2/c8-7(17,18)6(15,16)5(13,14)4(11,12)2(19)1-3(9,10)20/h2H,1H2. The van der Waals surface area contributed by atoms with Crippen LogP contribution in [0.1, 0.15) is 6.42 Å². The lowest BCUT2D eigenvalue weighted by Crippen LogP contribution is -2.63. The molecule has 0 aromatic carbocycles. The van der Waals surface area contributed by atoms with Crippen molar-refractivity contribution >= 4 is 61.1 Å². The van der Waals surface area contributed by atoms with Crippen molar-refractivity contribution in [2.24, 2.45) is 0 Å². The molecule has 0 N–H and O–H groups in total. The van der Waals surface area contributed by atoms with Crippen LogP contribution in [0.3, 0.4) is 0 Å². The van der Waals surface area contributed by atoms with Gasteiger partial charge in [0.25, 0.3) is 3.93 Å². The van der Waals surface area contributed by atoms with E-state index in [9.17, 15) is 43.9 Å². The lowest BCUT2D eigenvalue weighted by atomic mass is 10.0.